The van der Waals surface area contributed by atoms with Crippen LogP contribution in [-0.2, 0) is 0 Å². The van der Waals surface area contributed by atoms with Gasteiger partial charge in [0.25, 0.3) is 0 Å². The molecule has 7 aromatic heterocycles. The lowest BCUT2D eigenvalue weighted by molar-refractivity contribution is 0.669. The van der Waals surface area contributed by atoms with Crippen LogP contribution in [0.1, 0.15) is 0 Å². The van der Waals surface area contributed by atoms with Gasteiger partial charge < -0.3 is 18.0 Å². The van der Waals surface area contributed by atoms with E-state index in [-0.39, 0.29) is 0 Å². The molecule has 8 heteroatoms. The summed E-state index contributed by atoms with van der Waals surface area (Å²) in [5.74, 6) is 0. The van der Waals surface area contributed by atoms with Crippen LogP contribution >= 0.6 is 0 Å². The molecule has 0 saturated carbocycles. The Balaban J connectivity index is 0.878. The highest BCUT2D eigenvalue weighted by molar-refractivity contribution is 7.20. The first-order valence-corrected chi connectivity index (χ1v) is 28.0. The summed E-state index contributed by atoms with van der Waals surface area (Å²) in [6.07, 6.45) is 5.77. The molecular formula is C69H43N5O2Si. The normalized spacial score (nSPS) is 12.2. The van der Waals surface area contributed by atoms with Crippen LogP contribution in [0.2, 0.25) is 0 Å². The van der Waals surface area contributed by atoms with Crippen LogP contribution in [0.4, 0.5) is 0 Å². The van der Waals surface area contributed by atoms with Crippen LogP contribution in [0, 0.1) is 0 Å². The number of hydrogen-bond donors (Lipinski definition) is 0. The number of nitrogens with zero attached hydrogens (tertiary/aromatic N) is 5. The van der Waals surface area contributed by atoms with Crippen molar-refractivity contribution < 1.29 is 8.83 Å². The number of hydrogen-bond acceptors (Lipinski definition) is 5. The summed E-state index contributed by atoms with van der Waals surface area (Å²) in [5.41, 5.74) is 15.2. The molecule has 16 rings (SSSR count). The molecule has 7 heterocycles. The maximum Gasteiger partial charge on any atom is 0.233 e. The minimum atomic E-state index is -3.50. The predicted octanol–water partition coefficient (Wildman–Crippen LogP) is 14.6. The Morgan fingerprint density at radius 2 is 0.727 bits per heavy atom. The molecule has 0 aliphatic carbocycles. The standard InChI is InChI=1S/C69H43N5O2Si/c1-5-16-48(17-6-1)73-59-25-14-13-24-52(59)55-40-44(27-31-60(55)73)46-29-33-63-56(41-46)53-35-38-71-68(66(53)75-63)77(50-20-9-3-10-21-50,51-22-11-4-12-23-51)69-67-54(36-39-72-69)57-42-47(30-34-64(57)76-67)45-28-32-61-58(43-45)65-62(26-15-37-70-65)74(61)49-18-7-2-8-19-49/h1-43H. The molecule has 0 fully saturated rings. The SMILES string of the molecule is c1ccc(-n2c3ccccc3c3cc(-c4ccc5oc6c([Si](c7ccccc7)(c7ccccc7)c7nccc8c7oc7ccc(-c9ccc%10c(c9)c9ncccc9n%10-c9ccccc9)cc78)nccc6c5c4)ccc32)cc1. The summed E-state index contributed by atoms with van der Waals surface area (Å²) in [6, 6.07) is 86.3. The molecule has 0 radical (unpaired) electrons. The zero-order chi connectivity index (χ0) is 50.6. The highest BCUT2D eigenvalue weighted by atomic mass is 28.3. The molecule has 0 N–H and O–H groups in total. The zero-order valence-electron chi connectivity index (χ0n) is 41.4. The third-order valence-electron chi connectivity index (χ3n) is 15.8. The number of fused-ring (bicyclic) bond motifs is 12. The molecule has 0 saturated heterocycles. The molecule has 360 valence electrons. The summed E-state index contributed by atoms with van der Waals surface area (Å²) in [5, 5.41) is 11.5. The fourth-order valence-electron chi connectivity index (χ4n) is 12.4. The highest BCUT2D eigenvalue weighted by Gasteiger charge is 2.49. The lowest BCUT2D eigenvalue weighted by atomic mass is 10.0. The number of pyridine rings is 3. The van der Waals surface area contributed by atoms with Crippen LogP contribution in [-0.4, -0.2) is 32.2 Å². The van der Waals surface area contributed by atoms with Crippen LogP contribution < -0.4 is 21.0 Å². The average molecular weight is 1000 g/mol. The van der Waals surface area contributed by atoms with Gasteiger partial charge in [-0.1, -0.05) is 140 Å². The van der Waals surface area contributed by atoms with Crippen molar-refractivity contribution in [2.75, 3.05) is 0 Å². The van der Waals surface area contributed by atoms with Gasteiger partial charge in [-0.15, -0.1) is 0 Å². The van der Waals surface area contributed by atoms with Gasteiger partial charge in [-0.25, -0.2) is 0 Å². The van der Waals surface area contributed by atoms with Crippen molar-refractivity contribution in [2.45, 2.75) is 0 Å². The number of furan rings is 2. The molecule has 0 aliphatic rings. The molecule has 7 nitrogen and oxygen atoms in total. The molecule has 0 atom stereocenters. The third kappa shape index (κ3) is 6.46. The molecule has 77 heavy (non-hydrogen) atoms. The summed E-state index contributed by atoms with van der Waals surface area (Å²) < 4.78 is 18.9. The fourth-order valence-corrected chi connectivity index (χ4v) is 17.0. The lowest BCUT2D eigenvalue weighted by Crippen LogP contribution is -2.76. The van der Waals surface area contributed by atoms with Crippen molar-refractivity contribution in [3.8, 4) is 33.6 Å². The second-order valence-electron chi connectivity index (χ2n) is 19.9. The molecule has 0 amide bonds. The quantitative estimate of drug-likeness (QED) is 0.142. The minimum absolute atomic E-state index is 0.741. The van der Waals surface area contributed by atoms with Gasteiger partial charge >= 0.3 is 0 Å². The Morgan fingerprint density at radius 1 is 0.299 bits per heavy atom. The number of rotatable bonds is 8. The molecule has 9 aromatic carbocycles. The van der Waals surface area contributed by atoms with E-state index in [2.05, 4.69) is 246 Å². The number of para-hydroxylation sites is 3. The third-order valence-corrected chi connectivity index (χ3v) is 20.3. The van der Waals surface area contributed by atoms with E-state index in [4.69, 9.17) is 23.8 Å². The minimum Gasteiger partial charge on any atom is -0.455 e. The maximum atomic E-state index is 7.15. The topological polar surface area (TPSA) is 74.8 Å². The van der Waals surface area contributed by atoms with E-state index in [9.17, 15) is 0 Å². The van der Waals surface area contributed by atoms with E-state index in [1.54, 1.807) is 0 Å². The largest absolute Gasteiger partial charge is 0.455 e. The van der Waals surface area contributed by atoms with E-state index < -0.39 is 8.07 Å². The van der Waals surface area contributed by atoms with Gasteiger partial charge in [-0.2, -0.15) is 0 Å². The van der Waals surface area contributed by atoms with Gasteiger partial charge in [-0.3, -0.25) is 15.0 Å². The highest BCUT2D eigenvalue weighted by Crippen LogP contribution is 2.40. The van der Waals surface area contributed by atoms with E-state index in [0.717, 1.165) is 120 Å². The zero-order valence-corrected chi connectivity index (χ0v) is 42.4. The first-order valence-electron chi connectivity index (χ1n) is 26.0. The maximum absolute atomic E-state index is 7.15. The molecule has 0 spiro atoms. The summed E-state index contributed by atoms with van der Waals surface area (Å²) >= 11 is 0. The Hall–Kier alpha value is -10.2. The van der Waals surface area contributed by atoms with Gasteiger partial charge in [0.15, 0.2) is 11.2 Å². The Kier molecular flexibility index (Phi) is 9.52. The fraction of sp³-hybridized carbons (Fsp3) is 0. The van der Waals surface area contributed by atoms with E-state index >= 15 is 0 Å². The van der Waals surface area contributed by atoms with Gasteiger partial charge in [0.1, 0.15) is 11.2 Å². The summed E-state index contributed by atoms with van der Waals surface area (Å²) in [7, 11) is -3.50. The van der Waals surface area contributed by atoms with Crippen LogP contribution in [0.5, 0.6) is 0 Å². The molecule has 0 aliphatic heterocycles. The van der Waals surface area contributed by atoms with Crippen LogP contribution in [0.15, 0.2) is 270 Å². The van der Waals surface area contributed by atoms with Crippen LogP contribution in [0.25, 0.3) is 121 Å². The second-order valence-corrected chi connectivity index (χ2v) is 23.5. The molecule has 0 bridgehead atoms. The Labute approximate surface area is 442 Å². The van der Waals surface area contributed by atoms with Crippen molar-refractivity contribution in [1.82, 2.24) is 24.1 Å². The summed E-state index contributed by atoms with van der Waals surface area (Å²) in [6.45, 7) is 0. The van der Waals surface area contributed by atoms with Gasteiger partial charge in [0.2, 0.25) is 8.07 Å². The molecular weight excluding hydrogens is 959 g/mol. The first kappa shape index (κ1) is 43.3. The van der Waals surface area contributed by atoms with Crippen molar-refractivity contribution in [1.29, 1.82) is 0 Å². The Bertz CT molecular complexity index is 4670. The van der Waals surface area contributed by atoms with Crippen molar-refractivity contribution in [3.63, 3.8) is 0 Å². The van der Waals surface area contributed by atoms with Crippen LogP contribution in [0.3, 0.4) is 0 Å². The first-order chi connectivity index (χ1) is 38.2. The predicted molar refractivity (Wildman–Crippen MR) is 318 cm³/mol. The van der Waals surface area contributed by atoms with Gasteiger partial charge in [0, 0.05) is 67.7 Å². The molecule has 16 aromatic rings. The van der Waals surface area contributed by atoms with E-state index in [1.807, 2.05) is 24.7 Å². The Morgan fingerprint density at radius 3 is 1.29 bits per heavy atom. The van der Waals surface area contributed by atoms with E-state index in [0.29, 0.717) is 0 Å². The number of benzene rings is 9. The van der Waals surface area contributed by atoms with Gasteiger partial charge in [0.05, 0.1) is 38.2 Å². The van der Waals surface area contributed by atoms with Crippen molar-refractivity contribution in [2.24, 2.45) is 0 Å². The van der Waals surface area contributed by atoms with Gasteiger partial charge in [-0.05, 0) is 136 Å². The lowest BCUT2D eigenvalue weighted by Gasteiger charge is -2.31. The van der Waals surface area contributed by atoms with Crippen molar-refractivity contribution >= 4 is 117 Å². The smallest absolute Gasteiger partial charge is 0.233 e. The van der Waals surface area contributed by atoms with Crippen molar-refractivity contribution in [3.05, 3.63) is 261 Å². The summed E-state index contributed by atoms with van der Waals surface area (Å²) in [4.78, 5) is 15.8. The monoisotopic (exact) mass is 1000 g/mol. The number of aromatic nitrogens is 5. The average Bonchev–Trinajstić information content (AvgIpc) is 4.48. The van der Waals surface area contributed by atoms with E-state index in [1.165, 1.54) is 21.8 Å². The second kappa shape index (κ2) is 16.9. The molecule has 0 unspecified atom stereocenters.